The van der Waals surface area contributed by atoms with Crippen LogP contribution in [0.4, 0.5) is 0 Å². The molecular formula is C14H13N3O3. The minimum atomic E-state index is -0.976. The normalized spacial score (nSPS) is 11.1. The van der Waals surface area contributed by atoms with Crippen LogP contribution in [0.2, 0.25) is 0 Å². The summed E-state index contributed by atoms with van der Waals surface area (Å²) in [5.74, 6) is 0.476. The van der Waals surface area contributed by atoms with Gasteiger partial charge in [-0.1, -0.05) is 11.2 Å². The van der Waals surface area contributed by atoms with Crippen molar-refractivity contribution in [2.45, 2.75) is 20.4 Å². The van der Waals surface area contributed by atoms with Crippen molar-refractivity contribution in [3.05, 3.63) is 47.1 Å². The molecule has 0 radical (unpaired) electrons. The van der Waals surface area contributed by atoms with Gasteiger partial charge in [0.25, 0.3) is 0 Å². The molecule has 2 heterocycles. The highest BCUT2D eigenvalue weighted by Gasteiger charge is 2.16. The van der Waals surface area contributed by atoms with Gasteiger partial charge in [-0.3, -0.25) is 0 Å². The Labute approximate surface area is 114 Å². The van der Waals surface area contributed by atoms with Gasteiger partial charge in [-0.25, -0.2) is 9.78 Å². The Morgan fingerprint density at radius 2 is 2.20 bits per heavy atom. The first-order chi connectivity index (χ1) is 9.56. The van der Waals surface area contributed by atoms with Gasteiger partial charge in [0.15, 0.2) is 5.76 Å². The molecule has 6 nitrogen and oxygen atoms in total. The highest BCUT2D eigenvalue weighted by atomic mass is 16.5. The average Bonchev–Trinajstić information content (AvgIpc) is 2.94. The number of aromatic carboxylic acids is 1. The first-order valence-electron chi connectivity index (χ1n) is 6.17. The first kappa shape index (κ1) is 12.4. The van der Waals surface area contributed by atoms with Gasteiger partial charge in [0.2, 0.25) is 0 Å². The summed E-state index contributed by atoms with van der Waals surface area (Å²) in [5.41, 5.74) is 2.29. The molecule has 0 aliphatic carbocycles. The van der Waals surface area contributed by atoms with Crippen molar-refractivity contribution in [3.8, 4) is 0 Å². The highest BCUT2D eigenvalue weighted by molar-refractivity contribution is 6.01. The van der Waals surface area contributed by atoms with Crippen LogP contribution >= 0.6 is 0 Å². The number of fused-ring (bicyclic) bond motifs is 1. The number of aryl methyl sites for hydroxylation is 2. The molecule has 0 saturated heterocycles. The molecule has 2 aromatic heterocycles. The maximum Gasteiger partial charge on any atom is 0.337 e. The smallest absolute Gasteiger partial charge is 0.337 e. The number of nitrogens with zero attached hydrogens (tertiary/aromatic N) is 3. The Hall–Kier alpha value is -2.63. The van der Waals surface area contributed by atoms with Gasteiger partial charge in [-0.15, -0.1) is 0 Å². The molecule has 102 valence electrons. The molecule has 20 heavy (non-hydrogen) atoms. The van der Waals surface area contributed by atoms with Gasteiger partial charge < -0.3 is 14.2 Å². The third-order valence-electron chi connectivity index (χ3n) is 3.19. The van der Waals surface area contributed by atoms with E-state index in [4.69, 9.17) is 4.52 Å². The van der Waals surface area contributed by atoms with Crippen molar-refractivity contribution < 1.29 is 14.4 Å². The van der Waals surface area contributed by atoms with Gasteiger partial charge in [-0.2, -0.15) is 0 Å². The van der Waals surface area contributed by atoms with E-state index < -0.39 is 5.97 Å². The lowest BCUT2D eigenvalue weighted by Gasteiger charge is -2.03. The Morgan fingerprint density at radius 3 is 2.85 bits per heavy atom. The van der Waals surface area contributed by atoms with Crippen LogP contribution in [0.1, 0.15) is 27.6 Å². The quantitative estimate of drug-likeness (QED) is 0.791. The summed E-state index contributed by atoms with van der Waals surface area (Å²) in [6.45, 7) is 4.18. The van der Waals surface area contributed by atoms with Crippen molar-refractivity contribution in [1.29, 1.82) is 0 Å². The Balaban J connectivity index is 2.14. The van der Waals surface area contributed by atoms with Crippen molar-refractivity contribution in [1.82, 2.24) is 14.7 Å². The van der Waals surface area contributed by atoms with Gasteiger partial charge >= 0.3 is 5.97 Å². The van der Waals surface area contributed by atoms with Crippen LogP contribution < -0.4 is 0 Å². The minimum absolute atomic E-state index is 0.207. The summed E-state index contributed by atoms with van der Waals surface area (Å²) in [7, 11) is 0. The predicted molar refractivity (Wildman–Crippen MR) is 71.8 cm³/mol. The molecule has 0 atom stereocenters. The second-order valence-electron chi connectivity index (χ2n) is 4.66. The average molecular weight is 271 g/mol. The number of carbonyl (C=O) groups is 1. The van der Waals surface area contributed by atoms with E-state index in [9.17, 15) is 9.90 Å². The molecule has 0 bridgehead atoms. The fraction of sp³-hybridized carbons (Fsp3) is 0.214. The Bertz CT molecular complexity index is 801. The van der Waals surface area contributed by atoms with E-state index in [-0.39, 0.29) is 5.56 Å². The topological polar surface area (TPSA) is 81.2 Å². The van der Waals surface area contributed by atoms with E-state index in [2.05, 4.69) is 10.1 Å². The molecule has 0 spiro atoms. The number of imidazole rings is 1. The van der Waals surface area contributed by atoms with Crippen molar-refractivity contribution in [2.24, 2.45) is 0 Å². The summed E-state index contributed by atoms with van der Waals surface area (Å²) in [6, 6.07) is 6.98. The van der Waals surface area contributed by atoms with Crippen LogP contribution in [-0.2, 0) is 6.54 Å². The standard InChI is InChI=1S/C14H13N3O3/c1-8-6-10(20-16-8)7-17-9(2)15-13-11(14(18)19)4-3-5-12(13)17/h3-6H,7H2,1-2H3,(H,18,19). The Kier molecular flexibility index (Phi) is 2.78. The van der Waals surface area contributed by atoms with E-state index in [0.717, 1.165) is 17.0 Å². The third kappa shape index (κ3) is 1.95. The fourth-order valence-corrected chi connectivity index (χ4v) is 2.28. The summed E-state index contributed by atoms with van der Waals surface area (Å²) in [5, 5.41) is 13.0. The molecule has 0 amide bonds. The van der Waals surface area contributed by atoms with E-state index in [0.29, 0.717) is 17.8 Å². The monoisotopic (exact) mass is 271 g/mol. The maximum absolute atomic E-state index is 11.2. The van der Waals surface area contributed by atoms with Gasteiger partial charge in [0.1, 0.15) is 11.3 Å². The van der Waals surface area contributed by atoms with E-state index in [1.54, 1.807) is 12.1 Å². The number of aromatic nitrogens is 3. The molecule has 0 unspecified atom stereocenters. The number of rotatable bonds is 3. The van der Waals surface area contributed by atoms with Gasteiger partial charge in [-0.05, 0) is 26.0 Å². The molecule has 3 rings (SSSR count). The lowest BCUT2D eigenvalue weighted by Crippen LogP contribution is -2.01. The number of carboxylic acids is 1. The molecule has 1 aromatic carbocycles. The van der Waals surface area contributed by atoms with E-state index in [1.165, 1.54) is 0 Å². The zero-order chi connectivity index (χ0) is 14.3. The van der Waals surface area contributed by atoms with Crippen LogP contribution in [-0.4, -0.2) is 25.8 Å². The van der Waals surface area contributed by atoms with Crippen molar-refractivity contribution in [2.75, 3.05) is 0 Å². The second kappa shape index (κ2) is 4.48. The SMILES string of the molecule is Cc1cc(Cn2c(C)nc3c(C(=O)O)cccc32)on1. The molecule has 6 heteroatoms. The number of hydrogen-bond acceptors (Lipinski definition) is 4. The molecule has 0 aliphatic heterocycles. The van der Waals surface area contributed by atoms with Crippen LogP contribution in [0.15, 0.2) is 28.8 Å². The lowest BCUT2D eigenvalue weighted by molar-refractivity contribution is 0.0699. The number of para-hydroxylation sites is 1. The lowest BCUT2D eigenvalue weighted by atomic mass is 10.2. The Morgan fingerprint density at radius 1 is 1.40 bits per heavy atom. The van der Waals surface area contributed by atoms with Crippen LogP contribution in [0.5, 0.6) is 0 Å². The zero-order valence-electron chi connectivity index (χ0n) is 11.1. The highest BCUT2D eigenvalue weighted by Crippen LogP contribution is 2.21. The summed E-state index contributed by atoms with van der Waals surface area (Å²) in [6.07, 6.45) is 0. The number of benzene rings is 1. The number of carboxylic acid groups (broad SMARTS) is 1. The largest absolute Gasteiger partial charge is 0.478 e. The molecular weight excluding hydrogens is 258 g/mol. The first-order valence-corrected chi connectivity index (χ1v) is 6.17. The predicted octanol–water partition coefficient (Wildman–Crippen LogP) is 2.39. The van der Waals surface area contributed by atoms with Crippen LogP contribution in [0, 0.1) is 13.8 Å². The summed E-state index contributed by atoms with van der Waals surface area (Å²) >= 11 is 0. The summed E-state index contributed by atoms with van der Waals surface area (Å²) < 4.78 is 7.12. The third-order valence-corrected chi connectivity index (χ3v) is 3.19. The van der Waals surface area contributed by atoms with E-state index in [1.807, 2.05) is 30.5 Å². The van der Waals surface area contributed by atoms with Crippen molar-refractivity contribution in [3.63, 3.8) is 0 Å². The molecule has 0 aliphatic rings. The van der Waals surface area contributed by atoms with Gasteiger partial charge in [0.05, 0.1) is 23.3 Å². The molecule has 3 aromatic rings. The maximum atomic E-state index is 11.2. The molecule has 1 N–H and O–H groups in total. The fourth-order valence-electron chi connectivity index (χ4n) is 2.28. The minimum Gasteiger partial charge on any atom is -0.478 e. The number of hydrogen-bond donors (Lipinski definition) is 1. The van der Waals surface area contributed by atoms with E-state index >= 15 is 0 Å². The molecule has 0 fully saturated rings. The zero-order valence-corrected chi connectivity index (χ0v) is 11.1. The summed E-state index contributed by atoms with van der Waals surface area (Å²) in [4.78, 5) is 15.6. The van der Waals surface area contributed by atoms with Crippen LogP contribution in [0.3, 0.4) is 0 Å². The van der Waals surface area contributed by atoms with Crippen LogP contribution in [0.25, 0.3) is 11.0 Å². The van der Waals surface area contributed by atoms with Gasteiger partial charge in [0, 0.05) is 6.07 Å². The molecule has 0 saturated carbocycles. The van der Waals surface area contributed by atoms with Crippen molar-refractivity contribution >= 4 is 17.0 Å². The second-order valence-corrected chi connectivity index (χ2v) is 4.66.